The SMILES string of the molecule is O=C(O)C1C2CCCC2CN1S(=O)(=O)c1cccs1. The molecule has 2 fully saturated rings. The number of aliphatic carboxylic acids is 1. The summed E-state index contributed by atoms with van der Waals surface area (Å²) in [7, 11) is -3.66. The van der Waals surface area contributed by atoms with Crippen molar-refractivity contribution in [1.82, 2.24) is 4.31 Å². The van der Waals surface area contributed by atoms with Crippen LogP contribution in [-0.2, 0) is 14.8 Å². The van der Waals surface area contributed by atoms with E-state index in [1.807, 2.05) is 0 Å². The molecule has 0 spiro atoms. The van der Waals surface area contributed by atoms with Gasteiger partial charge in [0.05, 0.1) is 0 Å². The first-order valence-corrected chi connectivity index (χ1v) is 8.62. The molecule has 19 heavy (non-hydrogen) atoms. The van der Waals surface area contributed by atoms with Crippen LogP contribution in [0.25, 0.3) is 0 Å². The second-order valence-electron chi connectivity index (χ2n) is 5.14. The highest BCUT2D eigenvalue weighted by molar-refractivity contribution is 7.91. The van der Waals surface area contributed by atoms with E-state index in [2.05, 4.69) is 0 Å². The van der Waals surface area contributed by atoms with Gasteiger partial charge in [-0.1, -0.05) is 12.5 Å². The summed E-state index contributed by atoms with van der Waals surface area (Å²) in [5.41, 5.74) is 0. The standard InChI is InChI=1S/C12H15NO4S2/c14-12(15)11-9-4-1-3-8(9)7-13(11)19(16,17)10-5-2-6-18-10/h2,5-6,8-9,11H,1,3-4,7H2,(H,14,15). The number of thiophene rings is 1. The molecule has 3 atom stereocenters. The number of nitrogens with zero attached hydrogens (tertiary/aromatic N) is 1. The minimum absolute atomic E-state index is 0.0211. The molecule has 1 saturated heterocycles. The molecule has 1 aliphatic heterocycles. The van der Waals surface area contributed by atoms with E-state index >= 15 is 0 Å². The molecule has 0 aromatic carbocycles. The number of sulfonamides is 1. The molecule has 7 heteroatoms. The predicted octanol–water partition coefficient (Wildman–Crippen LogP) is 1.62. The van der Waals surface area contributed by atoms with E-state index in [1.165, 1.54) is 10.4 Å². The molecule has 3 rings (SSSR count). The maximum atomic E-state index is 12.5. The third-order valence-electron chi connectivity index (χ3n) is 4.16. The highest BCUT2D eigenvalue weighted by Gasteiger charge is 2.52. The second-order valence-corrected chi connectivity index (χ2v) is 8.21. The van der Waals surface area contributed by atoms with Gasteiger partial charge in [-0.2, -0.15) is 4.31 Å². The van der Waals surface area contributed by atoms with E-state index in [0.29, 0.717) is 6.54 Å². The van der Waals surface area contributed by atoms with Gasteiger partial charge in [-0.3, -0.25) is 4.79 Å². The Morgan fingerprint density at radius 1 is 1.42 bits per heavy atom. The molecule has 0 radical (unpaired) electrons. The van der Waals surface area contributed by atoms with Crippen LogP contribution in [0.15, 0.2) is 21.7 Å². The number of carbonyl (C=O) groups is 1. The van der Waals surface area contributed by atoms with E-state index in [1.54, 1.807) is 11.4 Å². The van der Waals surface area contributed by atoms with Crippen molar-refractivity contribution in [3.8, 4) is 0 Å². The van der Waals surface area contributed by atoms with Gasteiger partial charge in [0.2, 0.25) is 0 Å². The largest absolute Gasteiger partial charge is 0.480 e. The highest BCUT2D eigenvalue weighted by Crippen LogP contribution is 2.44. The van der Waals surface area contributed by atoms with Crippen molar-refractivity contribution in [3.05, 3.63) is 17.5 Å². The Morgan fingerprint density at radius 3 is 2.84 bits per heavy atom. The molecule has 1 aromatic rings. The first-order chi connectivity index (χ1) is 9.01. The number of hydrogen-bond donors (Lipinski definition) is 1. The van der Waals surface area contributed by atoms with Gasteiger partial charge in [0.1, 0.15) is 10.3 Å². The summed E-state index contributed by atoms with van der Waals surface area (Å²) in [6.45, 7) is 0.349. The van der Waals surface area contributed by atoms with E-state index in [9.17, 15) is 18.3 Å². The molecule has 2 aliphatic rings. The van der Waals surface area contributed by atoms with Crippen LogP contribution < -0.4 is 0 Å². The Kier molecular flexibility index (Phi) is 3.15. The molecule has 5 nitrogen and oxygen atoms in total. The average molecular weight is 301 g/mol. The van der Waals surface area contributed by atoms with Crippen LogP contribution in [0.4, 0.5) is 0 Å². The van der Waals surface area contributed by atoms with Gasteiger partial charge in [0.15, 0.2) is 0 Å². The van der Waals surface area contributed by atoms with Crippen molar-refractivity contribution < 1.29 is 18.3 Å². The summed E-state index contributed by atoms with van der Waals surface area (Å²) >= 11 is 1.14. The molecular formula is C12H15NO4S2. The Morgan fingerprint density at radius 2 is 2.21 bits per heavy atom. The van der Waals surface area contributed by atoms with Gasteiger partial charge in [-0.25, -0.2) is 8.42 Å². The number of fused-ring (bicyclic) bond motifs is 1. The van der Waals surface area contributed by atoms with Gasteiger partial charge in [0.25, 0.3) is 10.0 Å². The van der Waals surface area contributed by atoms with Crippen LogP contribution in [0.1, 0.15) is 19.3 Å². The molecule has 2 heterocycles. The normalized spacial score (nSPS) is 31.5. The van der Waals surface area contributed by atoms with Crippen LogP contribution in [0.3, 0.4) is 0 Å². The van der Waals surface area contributed by atoms with Crippen LogP contribution in [0, 0.1) is 11.8 Å². The topological polar surface area (TPSA) is 74.7 Å². The number of rotatable bonds is 3. The summed E-state index contributed by atoms with van der Waals surface area (Å²) in [6, 6.07) is 2.32. The first-order valence-electron chi connectivity index (χ1n) is 6.30. The third-order valence-corrected chi connectivity index (χ3v) is 7.38. The maximum absolute atomic E-state index is 12.5. The molecule has 1 aromatic heterocycles. The van der Waals surface area contributed by atoms with Gasteiger partial charge >= 0.3 is 5.97 Å². The van der Waals surface area contributed by atoms with Crippen molar-refractivity contribution >= 4 is 27.3 Å². The Labute approximate surface area is 115 Å². The summed E-state index contributed by atoms with van der Waals surface area (Å²) in [5, 5.41) is 11.1. The monoisotopic (exact) mass is 301 g/mol. The molecule has 1 N–H and O–H groups in total. The smallest absolute Gasteiger partial charge is 0.322 e. The Hall–Kier alpha value is -0.920. The lowest BCUT2D eigenvalue weighted by molar-refractivity contribution is -0.142. The van der Waals surface area contributed by atoms with Crippen molar-refractivity contribution in [2.75, 3.05) is 6.54 Å². The minimum Gasteiger partial charge on any atom is -0.480 e. The zero-order valence-corrected chi connectivity index (χ0v) is 11.9. The number of carboxylic acids is 1. The van der Waals surface area contributed by atoms with Crippen LogP contribution >= 0.6 is 11.3 Å². The summed E-state index contributed by atoms with van der Waals surface area (Å²) in [5.74, 6) is -0.836. The first kappa shape index (κ1) is 13.1. The summed E-state index contributed by atoms with van der Waals surface area (Å²) in [4.78, 5) is 11.5. The van der Waals surface area contributed by atoms with Crippen molar-refractivity contribution in [2.45, 2.75) is 29.5 Å². The molecular weight excluding hydrogens is 286 g/mol. The fourth-order valence-electron chi connectivity index (χ4n) is 3.35. The van der Waals surface area contributed by atoms with Gasteiger partial charge in [-0.15, -0.1) is 11.3 Å². The maximum Gasteiger partial charge on any atom is 0.322 e. The van der Waals surface area contributed by atoms with E-state index in [4.69, 9.17) is 0 Å². The second kappa shape index (κ2) is 4.57. The average Bonchev–Trinajstić information content (AvgIpc) is 3.04. The fraction of sp³-hybridized carbons (Fsp3) is 0.583. The summed E-state index contributed by atoms with van der Waals surface area (Å²) < 4.78 is 26.5. The molecule has 0 bridgehead atoms. The number of carboxylic acid groups (broad SMARTS) is 1. The Balaban J connectivity index is 1.98. The predicted molar refractivity (Wildman–Crippen MR) is 70.5 cm³/mol. The summed E-state index contributed by atoms with van der Waals surface area (Å²) in [6.07, 6.45) is 2.76. The van der Waals surface area contributed by atoms with Crippen LogP contribution in [0.2, 0.25) is 0 Å². The van der Waals surface area contributed by atoms with Crippen LogP contribution in [0.5, 0.6) is 0 Å². The molecule has 1 aliphatic carbocycles. The zero-order valence-electron chi connectivity index (χ0n) is 10.2. The van der Waals surface area contributed by atoms with Crippen molar-refractivity contribution in [1.29, 1.82) is 0 Å². The lowest BCUT2D eigenvalue weighted by Gasteiger charge is -2.22. The lowest BCUT2D eigenvalue weighted by Crippen LogP contribution is -2.42. The quantitative estimate of drug-likeness (QED) is 0.920. The van der Waals surface area contributed by atoms with Gasteiger partial charge in [-0.05, 0) is 36.1 Å². The molecule has 0 amide bonds. The van der Waals surface area contributed by atoms with E-state index in [-0.39, 0.29) is 16.0 Å². The van der Waals surface area contributed by atoms with E-state index < -0.39 is 22.0 Å². The Bertz CT molecular complexity index is 581. The molecule has 1 saturated carbocycles. The van der Waals surface area contributed by atoms with Crippen molar-refractivity contribution in [3.63, 3.8) is 0 Å². The van der Waals surface area contributed by atoms with E-state index in [0.717, 1.165) is 30.6 Å². The molecule has 3 unspecified atom stereocenters. The lowest BCUT2D eigenvalue weighted by atomic mass is 9.94. The minimum atomic E-state index is -3.66. The number of hydrogen-bond acceptors (Lipinski definition) is 4. The van der Waals surface area contributed by atoms with Crippen LogP contribution in [-0.4, -0.2) is 36.4 Å². The zero-order chi connectivity index (χ0) is 13.6. The van der Waals surface area contributed by atoms with Gasteiger partial charge < -0.3 is 5.11 Å². The van der Waals surface area contributed by atoms with Gasteiger partial charge in [0, 0.05) is 6.54 Å². The molecule has 104 valence electrons. The fourth-order valence-corrected chi connectivity index (χ4v) is 6.15. The third kappa shape index (κ3) is 2.00. The van der Waals surface area contributed by atoms with Crippen molar-refractivity contribution in [2.24, 2.45) is 11.8 Å². The highest BCUT2D eigenvalue weighted by atomic mass is 32.2.